The Morgan fingerprint density at radius 3 is 2.55 bits per heavy atom. The van der Waals surface area contributed by atoms with Crippen LogP contribution in [0.4, 0.5) is 11.4 Å². The molecule has 0 atom stereocenters. The molecule has 0 spiro atoms. The Morgan fingerprint density at radius 1 is 1.25 bits per heavy atom. The standard InChI is InChI=1S/C15H16ClN3O/c1-2-19(12-6-4-3-5-7-12)15(20)13-10-11(16)8-9-14(13)18-17/h3-10,18H,2,17H2,1H3. The van der Waals surface area contributed by atoms with Crippen molar-refractivity contribution in [2.45, 2.75) is 6.92 Å². The highest BCUT2D eigenvalue weighted by atomic mass is 35.5. The first kappa shape index (κ1) is 14.4. The summed E-state index contributed by atoms with van der Waals surface area (Å²) < 4.78 is 0. The number of amides is 1. The van der Waals surface area contributed by atoms with Crippen molar-refractivity contribution in [1.29, 1.82) is 0 Å². The summed E-state index contributed by atoms with van der Waals surface area (Å²) in [7, 11) is 0. The summed E-state index contributed by atoms with van der Waals surface area (Å²) >= 11 is 5.97. The van der Waals surface area contributed by atoms with E-state index in [4.69, 9.17) is 17.4 Å². The van der Waals surface area contributed by atoms with E-state index in [0.29, 0.717) is 22.8 Å². The van der Waals surface area contributed by atoms with E-state index >= 15 is 0 Å². The van der Waals surface area contributed by atoms with Gasteiger partial charge in [-0.2, -0.15) is 0 Å². The number of nitrogens with one attached hydrogen (secondary N) is 1. The van der Waals surface area contributed by atoms with Crippen LogP contribution < -0.4 is 16.2 Å². The second-order valence-electron chi connectivity index (χ2n) is 4.22. The lowest BCUT2D eigenvalue weighted by Gasteiger charge is -2.22. The van der Waals surface area contributed by atoms with Crippen molar-refractivity contribution in [1.82, 2.24) is 0 Å². The number of nitrogen functional groups attached to an aromatic ring is 1. The van der Waals surface area contributed by atoms with Gasteiger partial charge in [0.15, 0.2) is 0 Å². The fourth-order valence-corrected chi connectivity index (χ4v) is 2.19. The van der Waals surface area contributed by atoms with E-state index in [0.717, 1.165) is 5.69 Å². The quantitative estimate of drug-likeness (QED) is 0.671. The molecule has 2 aromatic rings. The number of carbonyl (C=O) groups is 1. The molecule has 2 aromatic carbocycles. The highest BCUT2D eigenvalue weighted by Crippen LogP contribution is 2.24. The number of hydrogen-bond donors (Lipinski definition) is 2. The molecule has 0 bridgehead atoms. The Balaban J connectivity index is 2.41. The van der Waals surface area contributed by atoms with E-state index in [1.54, 1.807) is 23.1 Å². The maximum atomic E-state index is 12.7. The lowest BCUT2D eigenvalue weighted by Crippen LogP contribution is -2.31. The van der Waals surface area contributed by atoms with Crippen LogP contribution in [0.1, 0.15) is 17.3 Å². The molecule has 0 aliphatic carbocycles. The van der Waals surface area contributed by atoms with Crippen LogP contribution >= 0.6 is 11.6 Å². The van der Waals surface area contributed by atoms with Gasteiger partial charge in [-0.3, -0.25) is 10.6 Å². The number of para-hydroxylation sites is 1. The third-order valence-corrected chi connectivity index (χ3v) is 3.23. The Bertz CT molecular complexity index is 601. The highest BCUT2D eigenvalue weighted by molar-refractivity contribution is 6.31. The number of rotatable bonds is 4. The molecular formula is C15H16ClN3O. The predicted molar refractivity (Wildman–Crippen MR) is 83.1 cm³/mol. The van der Waals surface area contributed by atoms with Gasteiger partial charge in [-0.1, -0.05) is 29.8 Å². The monoisotopic (exact) mass is 289 g/mol. The fourth-order valence-electron chi connectivity index (χ4n) is 2.02. The Kier molecular flexibility index (Phi) is 4.61. The van der Waals surface area contributed by atoms with Crippen molar-refractivity contribution in [2.24, 2.45) is 5.84 Å². The van der Waals surface area contributed by atoms with E-state index in [-0.39, 0.29) is 5.91 Å². The normalized spacial score (nSPS) is 10.2. The van der Waals surface area contributed by atoms with Gasteiger partial charge < -0.3 is 10.3 Å². The summed E-state index contributed by atoms with van der Waals surface area (Å²) in [5.41, 5.74) is 4.36. The summed E-state index contributed by atoms with van der Waals surface area (Å²) in [4.78, 5) is 14.4. The van der Waals surface area contributed by atoms with Gasteiger partial charge in [0.2, 0.25) is 0 Å². The average Bonchev–Trinajstić information content (AvgIpc) is 2.49. The van der Waals surface area contributed by atoms with Crippen LogP contribution in [0.25, 0.3) is 0 Å². The zero-order valence-electron chi connectivity index (χ0n) is 11.1. The van der Waals surface area contributed by atoms with Gasteiger partial charge in [-0.25, -0.2) is 0 Å². The van der Waals surface area contributed by atoms with Gasteiger partial charge in [-0.15, -0.1) is 0 Å². The molecule has 0 heterocycles. The highest BCUT2D eigenvalue weighted by Gasteiger charge is 2.19. The van der Waals surface area contributed by atoms with Gasteiger partial charge in [0.1, 0.15) is 0 Å². The van der Waals surface area contributed by atoms with Crippen LogP contribution in [0, 0.1) is 0 Å². The van der Waals surface area contributed by atoms with Gasteiger partial charge in [0, 0.05) is 17.3 Å². The molecule has 5 heteroatoms. The van der Waals surface area contributed by atoms with Gasteiger partial charge >= 0.3 is 0 Å². The number of nitrogens with two attached hydrogens (primary N) is 1. The number of carbonyl (C=O) groups excluding carboxylic acids is 1. The molecule has 1 amide bonds. The van der Waals surface area contributed by atoms with Crippen LogP contribution in [0.2, 0.25) is 5.02 Å². The lowest BCUT2D eigenvalue weighted by molar-refractivity contribution is 0.0989. The molecule has 104 valence electrons. The van der Waals surface area contributed by atoms with Crippen molar-refractivity contribution in [3.8, 4) is 0 Å². The van der Waals surface area contributed by atoms with E-state index in [9.17, 15) is 4.79 Å². The minimum atomic E-state index is -0.144. The van der Waals surface area contributed by atoms with E-state index in [1.165, 1.54) is 0 Å². The molecule has 4 nitrogen and oxygen atoms in total. The molecule has 0 unspecified atom stereocenters. The van der Waals surface area contributed by atoms with Gasteiger partial charge in [-0.05, 0) is 37.3 Å². The maximum absolute atomic E-state index is 12.7. The number of halogens is 1. The van der Waals surface area contributed by atoms with Crippen LogP contribution in [-0.4, -0.2) is 12.5 Å². The Morgan fingerprint density at radius 2 is 1.95 bits per heavy atom. The van der Waals surface area contributed by atoms with Crippen molar-refractivity contribution < 1.29 is 4.79 Å². The smallest absolute Gasteiger partial charge is 0.260 e. The topological polar surface area (TPSA) is 58.4 Å². The molecule has 0 saturated heterocycles. The fraction of sp³-hybridized carbons (Fsp3) is 0.133. The number of anilines is 2. The molecule has 0 saturated carbocycles. The molecule has 0 aromatic heterocycles. The Labute approximate surface area is 123 Å². The first-order valence-corrected chi connectivity index (χ1v) is 6.68. The van der Waals surface area contributed by atoms with Gasteiger partial charge in [0.05, 0.1) is 11.3 Å². The Hall–Kier alpha value is -2.04. The third kappa shape index (κ3) is 2.92. The first-order chi connectivity index (χ1) is 9.67. The first-order valence-electron chi connectivity index (χ1n) is 6.30. The molecular weight excluding hydrogens is 274 g/mol. The average molecular weight is 290 g/mol. The second-order valence-corrected chi connectivity index (χ2v) is 4.66. The minimum absolute atomic E-state index is 0.144. The molecule has 0 aliphatic rings. The summed E-state index contributed by atoms with van der Waals surface area (Å²) in [6.07, 6.45) is 0. The predicted octanol–water partition coefficient (Wildman–Crippen LogP) is 3.29. The zero-order chi connectivity index (χ0) is 14.5. The van der Waals surface area contributed by atoms with Crippen molar-refractivity contribution in [2.75, 3.05) is 16.9 Å². The summed E-state index contributed by atoms with van der Waals surface area (Å²) in [6.45, 7) is 2.48. The molecule has 2 rings (SSSR count). The van der Waals surface area contributed by atoms with Crippen LogP contribution in [0.5, 0.6) is 0 Å². The maximum Gasteiger partial charge on any atom is 0.260 e. The molecule has 0 radical (unpaired) electrons. The zero-order valence-corrected chi connectivity index (χ0v) is 11.9. The number of benzene rings is 2. The molecule has 0 aliphatic heterocycles. The van der Waals surface area contributed by atoms with E-state index in [2.05, 4.69) is 5.43 Å². The van der Waals surface area contributed by atoms with E-state index in [1.807, 2.05) is 37.3 Å². The largest absolute Gasteiger partial charge is 0.323 e. The number of hydrazine groups is 1. The van der Waals surface area contributed by atoms with Gasteiger partial charge in [0.25, 0.3) is 5.91 Å². The number of nitrogens with zero attached hydrogens (tertiary/aromatic N) is 1. The molecule has 3 N–H and O–H groups in total. The summed E-state index contributed by atoms with van der Waals surface area (Å²) in [6, 6.07) is 14.5. The second kappa shape index (κ2) is 6.41. The SMILES string of the molecule is CCN(C(=O)c1cc(Cl)ccc1NN)c1ccccc1. The van der Waals surface area contributed by atoms with Crippen LogP contribution in [0.3, 0.4) is 0 Å². The van der Waals surface area contributed by atoms with Crippen molar-refractivity contribution >= 4 is 28.9 Å². The van der Waals surface area contributed by atoms with Crippen LogP contribution in [-0.2, 0) is 0 Å². The summed E-state index contributed by atoms with van der Waals surface area (Å²) in [5, 5.41) is 0.497. The lowest BCUT2D eigenvalue weighted by atomic mass is 10.1. The van der Waals surface area contributed by atoms with Crippen molar-refractivity contribution in [3.63, 3.8) is 0 Å². The third-order valence-electron chi connectivity index (χ3n) is 3.00. The molecule has 20 heavy (non-hydrogen) atoms. The number of hydrogen-bond acceptors (Lipinski definition) is 3. The van der Waals surface area contributed by atoms with Crippen molar-refractivity contribution in [3.05, 3.63) is 59.1 Å². The summed E-state index contributed by atoms with van der Waals surface area (Å²) in [5.74, 6) is 5.31. The van der Waals surface area contributed by atoms with E-state index < -0.39 is 0 Å². The minimum Gasteiger partial charge on any atom is -0.323 e. The molecule has 0 fully saturated rings. The van der Waals surface area contributed by atoms with Crippen LogP contribution in [0.15, 0.2) is 48.5 Å².